The third-order valence-electron chi connectivity index (χ3n) is 12.9. The van der Waals surface area contributed by atoms with Gasteiger partial charge < -0.3 is 18.6 Å². The van der Waals surface area contributed by atoms with Gasteiger partial charge in [-0.05, 0) is 115 Å². The minimum absolute atomic E-state index is 0.0887. The van der Waals surface area contributed by atoms with Gasteiger partial charge in [-0.25, -0.2) is 0 Å². The fourth-order valence-electron chi connectivity index (χ4n) is 10.1. The number of rotatable bonds is 6. The number of hydrogen-bond acceptors (Lipinski definition) is 4. The van der Waals surface area contributed by atoms with Gasteiger partial charge in [0.05, 0.1) is 11.7 Å². The maximum atomic E-state index is 6.39. The Morgan fingerprint density at radius 3 is 1.92 bits per heavy atom. The van der Waals surface area contributed by atoms with Crippen LogP contribution in [-0.2, 0) is 6.42 Å². The third kappa shape index (κ3) is 5.51. The molecule has 0 saturated heterocycles. The molecular formula is C56H42N2O2. The number of allylic oxidation sites excluding steroid dienone is 4. The van der Waals surface area contributed by atoms with Crippen molar-refractivity contribution in [1.82, 2.24) is 0 Å². The summed E-state index contributed by atoms with van der Waals surface area (Å²) in [5, 5.41) is 5.90. The largest absolute Gasteiger partial charge is 0.456 e. The molecule has 0 bridgehead atoms. The van der Waals surface area contributed by atoms with E-state index in [2.05, 4.69) is 212 Å². The lowest BCUT2D eigenvalue weighted by Gasteiger charge is -2.43. The molecule has 2 heterocycles. The highest BCUT2D eigenvalue weighted by Gasteiger charge is 2.38. The number of nitrogens with zero attached hydrogens (tertiary/aromatic N) is 2. The van der Waals surface area contributed by atoms with Crippen molar-refractivity contribution >= 4 is 78.6 Å². The SMILES string of the molecule is Cc1ccc2oc3c(c2c1)CC(N(C1=Cc2c(cc(N(c4ccccc4)c4ccc5oc6ccc(C)cc6c5c4)c4ccccc24)C2C=CC=CC12)c1ccccc1)C=C3. The minimum atomic E-state index is 0.0887. The van der Waals surface area contributed by atoms with Crippen LogP contribution in [0, 0.1) is 19.8 Å². The molecule has 0 saturated carbocycles. The van der Waals surface area contributed by atoms with Gasteiger partial charge in [0.25, 0.3) is 0 Å². The Balaban J connectivity index is 1.06. The van der Waals surface area contributed by atoms with Gasteiger partial charge in [-0.1, -0.05) is 114 Å². The molecule has 0 amide bonds. The lowest BCUT2D eigenvalue weighted by Crippen LogP contribution is -2.40. The van der Waals surface area contributed by atoms with E-state index in [-0.39, 0.29) is 17.9 Å². The Morgan fingerprint density at radius 1 is 0.517 bits per heavy atom. The average molecular weight is 775 g/mol. The van der Waals surface area contributed by atoms with E-state index in [1.165, 1.54) is 55.4 Å². The first-order valence-corrected chi connectivity index (χ1v) is 21.0. The van der Waals surface area contributed by atoms with E-state index in [4.69, 9.17) is 8.83 Å². The quantitative estimate of drug-likeness (QED) is 0.168. The highest BCUT2D eigenvalue weighted by atomic mass is 16.3. The predicted octanol–water partition coefficient (Wildman–Crippen LogP) is 14.9. The van der Waals surface area contributed by atoms with Gasteiger partial charge in [-0.2, -0.15) is 0 Å². The number of anilines is 4. The van der Waals surface area contributed by atoms with E-state index < -0.39 is 0 Å². The molecule has 2 aromatic heterocycles. The predicted molar refractivity (Wildman–Crippen MR) is 250 cm³/mol. The molecule has 12 rings (SSSR count). The zero-order chi connectivity index (χ0) is 39.9. The van der Waals surface area contributed by atoms with E-state index in [0.717, 1.165) is 56.8 Å². The normalized spacial score (nSPS) is 17.8. The molecule has 0 aliphatic heterocycles. The molecule has 4 nitrogen and oxygen atoms in total. The number of para-hydroxylation sites is 2. The van der Waals surface area contributed by atoms with E-state index in [9.17, 15) is 0 Å². The zero-order valence-electron chi connectivity index (χ0n) is 33.5. The van der Waals surface area contributed by atoms with Gasteiger partial charge in [0.1, 0.15) is 22.5 Å². The van der Waals surface area contributed by atoms with Gasteiger partial charge in [0.15, 0.2) is 0 Å². The Labute approximate surface area is 349 Å². The monoisotopic (exact) mass is 774 g/mol. The number of fused-ring (bicyclic) bond motifs is 11. The van der Waals surface area contributed by atoms with E-state index >= 15 is 0 Å². The summed E-state index contributed by atoms with van der Waals surface area (Å²) in [5.41, 5.74) is 14.9. The molecule has 3 aliphatic rings. The Bertz CT molecular complexity index is 3290. The van der Waals surface area contributed by atoms with Gasteiger partial charge in [0.2, 0.25) is 0 Å². The van der Waals surface area contributed by atoms with E-state index in [1.54, 1.807) is 0 Å². The second-order valence-electron chi connectivity index (χ2n) is 16.6. The smallest absolute Gasteiger partial charge is 0.135 e. The van der Waals surface area contributed by atoms with Crippen molar-refractivity contribution in [3.63, 3.8) is 0 Å². The summed E-state index contributed by atoms with van der Waals surface area (Å²) in [4.78, 5) is 5.04. The first kappa shape index (κ1) is 34.7. The molecule has 60 heavy (non-hydrogen) atoms. The van der Waals surface area contributed by atoms with Crippen molar-refractivity contribution in [2.24, 2.45) is 5.92 Å². The molecule has 7 aromatic carbocycles. The zero-order valence-corrected chi connectivity index (χ0v) is 33.5. The Hall–Kier alpha value is -7.30. The molecule has 0 radical (unpaired) electrons. The standard InChI is InChI=1S/C56H42N2O2/c1-35-21-25-53-47(29-35)49-31-39(23-27-55(49)59-53)57(37-13-5-3-6-14-37)51-33-45-42-18-10-12-20-44(42)52(34-46(45)41-17-9-11-19-43(41)51)58(38-15-7-4-8-16-38)40-24-28-56-50(32-40)48-30-36(2)22-26-54(48)60-56/h3-31,33-34,40,42,44H,32H2,1-2H3. The molecule has 0 N–H and O–H groups in total. The summed E-state index contributed by atoms with van der Waals surface area (Å²) in [6.07, 6.45) is 17.2. The van der Waals surface area contributed by atoms with Gasteiger partial charge >= 0.3 is 0 Å². The Morgan fingerprint density at radius 2 is 1.15 bits per heavy atom. The number of aryl methyl sites for hydroxylation is 2. The fraction of sp³-hybridized carbons (Fsp3) is 0.107. The summed E-state index contributed by atoms with van der Waals surface area (Å²) in [6.45, 7) is 4.30. The molecule has 9 aromatic rings. The van der Waals surface area contributed by atoms with E-state index in [0.29, 0.717) is 0 Å². The molecule has 288 valence electrons. The molecule has 3 aliphatic carbocycles. The summed E-state index contributed by atoms with van der Waals surface area (Å²) in [7, 11) is 0. The summed E-state index contributed by atoms with van der Waals surface area (Å²) >= 11 is 0. The van der Waals surface area contributed by atoms with Gasteiger partial charge in [-0.3, -0.25) is 0 Å². The van der Waals surface area contributed by atoms with Crippen molar-refractivity contribution in [1.29, 1.82) is 0 Å². The van der Waals surface area contributed by atoms with Crippen LogP contribution in [0.5, 0.6) is 0 Å². The average Bonchev–Trinajstić information content (AvgIpc) is 3.84. The summed E-state index contributed by atoms with van der Waals surface area (Å²) in [5.74, 6) is 1.22. The summed E-state index contributed by atoms with van der Waals surface area (Å²) < 4.78 is 12.7. The van der Waals surface area contributed by atoms with E-state index in [1.807, 2.05) is 0 Å². The number of furan rings is 2. The lowest BCUT2D eigenvalue weighted by atomic mass is 9.73. The first-order chi connectivity index (χ1) is 29.6. The maximum absolute atomic E-state index is 6.39. The van der Waals surface area contributed by atoms with Crippen molar-refractivity contribution in [3.05, 3.63) is 215 Å². The highest BCUT2D eigenvalue weighted by Crippen LogP contribution is 2.51. The lowest BCUT2D eigenvalue weighted by molar-refractivity contribution is 0.576. The first-order valence-electron chi connectivity index (χ1n) is 21.0. The minimum Gasteiger partial charge on any atom is -0.456 e. The van der Waals surface area contributed by atoms with Crippen LogP contribution >= 0.6 is 0 Å². The van der Waals surface area contributed by atoms with Crippen LogP contribution < -0.4 is 9.80 Å². The highest BCUT2D eigenvalue weighted by molar-refractivity contribution is 6.09. The second-order valence-corrected chi connectivity index (χ2v) is 16.6. The number of benzene rings is 7. The van der Waals surface area contributed by atoms with Crippen molar-refractivity contribution in [2.75, 3.05) is 9.80 Å². The fourth-order valence-corrected chi connectivity index (χ4v) is 10.1. The summed E-state index contributed by atoms with van der Waals surface area (Å²) in [6, 6.07) is 52.9. The van der Waals surface area contributed by atoms with Crippen LogP contribution in [0.15, 0.2) is 191 Å². The molecule has 3 unspecified atom stereocenters. The molecule has 0 fully saturated rings. The van der Waals surface area contributed by atoms with Crippen LogP contribution in [-0.4, -0.2) is 6.04 Å². The second kappa shape index (κ2) is 13.6. The van der Waals surface area contributed by atoms with Gasteiger partial charge in [-0.15, -0.1) is 0 Å². The molecule has 0 spiro atoms. The number of hydrogen-bond donors (Lipinski definition) is 0. The van der Waals surface area contributed by atoms with Crippen molar-refractivity contribution in [3.8, 4) is 0 Å². The Kier molecular flexibility index (Phi) is 7.89. The van der Waals surface area contributed by atoms with Crippen molar-refractivity contribution in [2.45, 2.75) is 32.2 Å². The van der Waals surface area contributed by atoms with Crippen LogP contribution in [0.3, 0.4) is 0 Å². The maximum Gasteiger partial charge on any atom is 0.135 e. The molecular weight excluding hydrogens is 733 g/mol. The van der Waals surface area contributed by atoms with Crippen LogP contribution in [0.4, 0.5) is 22.7 Å². The van der Waals surface area contributed by atoms with Crippen LogP contribution in [0.25, 0.3) is 55.8 Å². The van der Waals surface area contributed by atoms with Gasteiger partial charge in [0, 0.05) is 68.1 Å². The van der Waals surface area contributed by atoms with Crippen molar-refractivity contribution < 1.29 is 8.83 Å². The third-order valence-corrected chi connectivity index (χ3v) is 12.9. The molecule has 3 atom stereocenters. The molecule has 4 heteroatoms. The topological polar surface area (TPSA) is 32.8 Å². The van der Waals surface area contributed by atoms with Crippen LogP contribution in [0.2, 0.25) is 0 Å². The van der Waals surface area contributed by atoms with Crippen LogP contribution in [0.1, 0.15) is 39.5 Å².